The zero-order valence-electron chi connectivity index (χ0n) is 13.3. The third-order valence-corrected chi connectivity index (χ3v) is 3.30. The number of nitrogens with zero attached hydrogens (tertiary/aromatic N) is 1. The zero-order chi connectivity index (χ0) is 16.7. The van der Waals surface area contributed by atoms with Crippen LogP contribution in [0.4, 0.5) is 11.4 Å². The maximum atomic E-state index is 12.3. The Morgan fingerprint density at radius 1 is 1.04 bits per heavy atom. The van der Waals surface area contributed by atoms with E-state index in [2.05, 4.69) is 5.32 Å². The second-order valence-corrected chi connectivity index (χ2v) is 5.05. The molecule has 0 fully saturated rings. The lowest BCUT2D eigenvalue weighted by Gasteiger charge is -2.19. The van der Waals surface area contributed by atoms with E-state index in [4.69, 9.17) is 0 Å². The summed E-state index contributed by atoms with van der Waals surface area (Å²) in [5, 5.41) is 2.71. The summed E-state index contributed by atoms with van der Waals surface area (Å²) in [5.41, 5.74) is 2.52. The summed E-state index contributed by atoms with van der Waals surface area (Å²) in [4.78, 5) is 25.0. The molecule has 118 valence electrons. The van der Waals surface area contributed by atoms with Gasteiger partial charge in [0.25, 0.3) is 5.91 Å². The Morgan fingerprint density at radius 2 is 1.70 bits per heavy atom. The Hall–Kier alpha value is -2.88. The SMILES string of the molecule is CCN(C(=O)/C=C/c1ccc(NC(C)=O)cc1)c1ccccc1. The molecule has 0 radical (unpaired) electrons. The molecule has 2 aromatic carbocycles. The van der Waals surface area contributed by atoms with E-state index in [9.17, 15) is 9.59 Å². The fourth-order valence-electron chi connectivity index (χ4n) is 2.21. The highest BCUT2D eigenvalue weighted by atomic mass is 16.2. The van der Waals surface area contributed by atoms with Gasteiger partial charge >= 0.3 is 0 Å². The van der Waals surface area contributed by atoms with Crippen LogP contribution in [0.15, 0.2) is 60.7 Å². The number of carbonyl (C=O) groups is 2. The summed E-state index contributed by atoms with van der Waals surface area (Å²) < 4.78 is 0. The van der Waals surface area contributed by atoms with Gasteiger partial charge in [0.05, 0.1) is 0 Å². The Balaban J connectivity index is 2.06. The molecule has 0 aliphatic carbocycles. The molecule has 0 spiro atoms. The minimum atomic E-state index is -0.107. The minimum absolute atomic E-state index is 0.0652. The molecule has 0 saturated heterocycles. The van der Waals surface area contributed by atoms with Crippen LogP contribution in [0.5, 0.6) is 0 Å². The number of likely N-dealkylation sites (N-methyl/N-ethyl adjacent to an activating group) is 1. The van der Waals surface area contributed by atoms with E-state index < -0.39 is 0 Å². The zero-order valence-corrected chi connectivity index (χ0v) is 13.3. The Bertz CT molecular complexity index is 691. The third kappa shape index (κ3) is 4.81. The predicted molar refractivity (Wildman–Crippen MR) is 94.2 cm³/mol. The van der Waals surface area contributed by atoms with Crippen LogP contribution in [0.3, 0.4) is 0 Å². The van der Waals surface area contributed by atoms with Crippen LogP contribution in [-0.4, -0.2) is 18.4 Å². The van der Waals surface area contributed by atoms with Crippen LogP contribution < -0.4 is 10.2 Å². The average Bonchev–Trinajstić information content (AvgIpc) is 2.55. The van der Waals surface area contributed by atoms with Gasteiger partial charge in [0, 0.05) is 30.9 Å². The first kappa shape index (κ1) is 16.5. The lowest BCUT2D eigenvalue weighted by atomic mass is 10.2. The van der Waals surface area contributed by atoms with Crippen LogP contribution >= 0.6 is 0 Å². The molecule has 0 aromatic heterocycles. The van der Waals surface area contributed by atoms with E-state index in [0.717, 1.165) is 16.9 Å². The molecule has 4 nitrogen and oxygen atoms in total. The summed E-state index contributed by atoms with van der Waals surface area (Å²) in [5.74, 6) is -0.172. The Kier molecular flexibility index (Phi) is 5.69. The van der Waals surface area contributed by atoms with E-state index in [1.807, 2.05) is 49.4 Å². The van der Waals surface area contributed by atoms with Gasteiger partial charge in [-0.15, -0.1) is 0 Å². The number of para-hydroxylation sites is 1. The monoisotopic (exact) mass is 308 g/mol. The Labute approximate surface area is 136 Å². The number of carbonyl (C=O) groups excluding carboxylic acids is 2. The van der Waals surface area contributed by atoms with Crippen LogP contribution in [0, 0.1) is 0 Å². The number of hydrogen-bond acceptors (Lipinski definition) is 2. The number of amides is 2. The van der Waals surface area contributed by atoms with E-state index in [-0.39, 0.29) is 11.8 Å². The molecule has 0 unspecified atom stereocenters. The summed E-state index contributed by atoms with van der Waals surface area (Å²) in [6.07, 6.45) is 3.33. The van der Waals surface area contributed by atoms with Crippen molar-refractivity contribution in [2.24, 2.45) is 0 Å². The van der Waals surface area contributed by atoms with Crippen LogP contribution in [0.1, 0.15) is 19.4 Å². The van der Waals surface area contributed by atoms with Crippen molar-refractivity contribution in [3.05, 3.63) is 66.2 Å². The smallest absolute Gasteiger partial charge is 0.250 e. The van der Waals surface area contributed by atoms with Crippen molar-refractivity contribution >= 4 is 29.3 Å². The van der Waals surface area contributed by atoms with Crippen molar-refractivity contribution in [1.29, 1.82) is 0 Å². The van der Waals surface area contributed by atoms with E-state index in [0.29, 0.717) is 6.54 Å². The van der Waals surface area contributed by atoms with Crippen molar-refractivity contribution in [1.82, 2.24) is 0 Å². The highest BCUT2D eigenvalue weighted by Gasteiger charge is 2.09. The van der Waals surface area contributed by atoms with Gasteiger partial charge in [-0.2, -0.15) is 0 Å². The lowest BCUT2D eigenvalue weighted by Crippen LogP contribution is -2.28. The van der Waals surface area contributed by atoms with Gasteiger partial charge in [-0.3, -0.25) is 9.59 Å². The molecule has 0 aliphatic heterocycles. The molecule has 2 amide bonds. The van der Waals surface area contributed by atoms with E-state index in [1.54, 1.807) is 29.2 Å². The van der Waals surface area contributed by atoms with Crippen molar-refractivity contribution in [3.63, 3.8) is 0 Å². The molecule has 2 aromatic rings. The minimum Gasteiger partial charge on any atom is -0.326 e. The first-order chi connectivity index (χ1) is 11.1. The molecule has 0 heterocycles. The first-order valence-electron chi connectivity index (χ1n) is 7.52. The maximum absolute atomic E-state index is 12.3. The van der Waals surface area contributed by atoms with E-state index >= 15 is 0 Å². The molecule has 1 N–H and O–H groups in total. The quantitative estimate of drug-likeness (QED) is 0.856. The topological polar surface area (TPSA) is 49.4 Å². The van der Waals surface area contributed by atoms with Gasteiger partial charge in [0.15, 0.2) is 0 Å². The predicted octanol–water partition coefficient (Wildman–Crippen LogP) is 3.71. The van der Waals surface area contributed by atoms with Crippen molar-refractivity contribution in [2.75, 3.05) is 16.8 Å². The van der Waals surface area contributed by atoms with E-state index in [1.165, 1.54) is 6.92 Å². The molecule has 0 atom stereocenters. The van der Waals surface area contributed by atoms with Crippen LogP contribution in [0.25, 0.3) is 6.08 Å². The second-order valence-electron chi connectivity index (χ2n) is 5.05. The summed E-state index contributed by atoms with van der Waals surface area (Å²) in [7, 11) is 0. The summed E-state index contributed by atoms with van der Waals surface area (Å²) in [6, 6.07) is 16.9. The average molecular weight is 308 g/mol. The summed E-state index contributed by atoms with van der Waals surface area (Å²) in [6.45, 7) is 4.02. The fraction of sp³-hybridized carbons (Fsp3) is 0.158. The summed E-state index contributed by atoms with van der Waals surface area (Å²) >= 11 is 0. The molecule has 23 heavy (non-hydrogen) atoms. The Morgan fingerprint density at radius 3 is 2.26 bits per heavy atom. The molecule has 0 saturated carbocycles. The highest BCUT2D eigenvalue weighted by Crippen LogP contribution is 2.15. The number of anilines is 2. The fourth-order valence-corrected chi connectivity index (χ4v) is 2.21. The number of rotatable bonds is 5. The molecule has 0 bridgehead atoms. The standard InChI is InChI=1S/C19H20N2O2/c1-3-21(18-7-5-4-6-8-18)19(23)14-11-16-9-12-17(13-10-16)20-15(2)22/h4-14H,3H2,1-2H3,(H,20,22)/b14-11+. The van der Waals surface area contributed by atoms with Gasteiger partial charge in [-0.05, 0) is 42.8 Å². The van der Waals surface area contributed by atoms with Gasteiger partial charge in [-0.1, -0.05) is 30.3 Å². The van der Waals surface area contributed by atoms with Crippen LogP contribution in [-0.2, 0) is 9.59 Å². The van der Waals surface area contributed by atoms with Crippen molar-refractivity contribution < 1.29 is 9.59 Å². The number of hydrogen-bond donors (Lipinski definition) is 1. The second kappa shape index (κ2) is 7.94. The van der Waals surface area contributed by atoms with Crippen molar-refractivity contribution in [2.45, 2.75) is 13.8 Å². The molecular formula is C19H20N2O2. The first-order valence-corrected chi connectivity index (χ1v) is 7.52. The molecule has 4 heteroatoms. The molecule has 0 aliphatic rings. The van der Waals surface area contributed by atoms with Gasteiger partial charge in [0.2, 0.25) is 5.91 Å². The largest absolute Gasteiger partial charge is 0.326 e. The molecular weight excluding hydrogens is 288 g/mol. The van der Waals surface area contributed by atoms with Gasteiger partial charge in [0.1, 0.15) is 0 Å². The third-order valence-electron chi connectivity index (χ3n) is 3.30. The highest BCUT2D eigenvalue weighted by molar-refractivity contribution is 6.03. The van der Waals surface area contributed by atoms with Crippen LogP contribution in [0.2, 0.25) is 0 Å². The molecule has 2 rings (SSSR count). The van der Waals surface area contributed by atoms with Gasteiger partial charge in [-0.25, -0.2) is 0 Å². The number of nitrogens with one attached hydrogen (secondary N) is 1. The lowest BCUT2D eigenvalue weighted by molar-refractivity contribution is -0.115. The van der Waals surface area contributed by atoms with Crippen molar-refractivity contribution in [3.8, 4) is 0 Å². The number of benzene rings is 2. The van der Waals surface area contributed by atoms with Gasteiger partial charge < -0.3 is 10.2 Å². The maximum Gasteiger partial charge on any atom is 0.250 e. The normalized spacial score (nSPS) is 10.5.